The van der Waals surface area contributed by atoms with Crippen LogP contribution in [0.3, 0.4) is 0 Å². The number of ether oxygens (including phenoxy) is 1. The van der Waals surface area contributed by atoms with Crippen LogP contribution in [-0.2, 0) is 0 Å². The van der Waals surface area contributed by atoms with Crippen LogP contribution in [0.4, 0.5) is 11.5 Å². The average molecular weight is 238 g/mol. The SMILES string of the molecule is CCC(C)Nc1nc(C(C)C)nc(OC)c1N. The number of nitrogens with one attached hydrogen (secondary N) is 1. The third-order valence-corrected chi connectivity index (χ3v) is 2.63. The molecule has 3 N–H and O–H groups in total. The smallest absolute Gasteiger partial charge is 0.242 e. The Morgan fingerprint density at radius 2 is 1.94 bits per heavy atom. The number of hydrogen-bond donors (Lipinski definition) is 2. The molecule has 1 atom stereocenters. The van der Waals surface area contributed by atoms with Gasteiger partial charge >= 0.3 is 0 Å². The maximum absolute atomic E-state index is 5.95. The summed E-state index contributed by atoms with van der Waals surface area (Å²) in [5, 5.41) is 3.27. The van der Waals surface area contributed by atoms with E-state index < -0.39 is 0 Å². The molecule has 0 fully saturated rings. The van der Waals surface area contributed by atoms with Gasteiger partial charge in [0.2, 0.25) is 5.88 Å². The topological polar surface area (TPSA) is 73.1 Å². The zero-order valence-electron chi connectivity index (χ0n) is 11.2. The lowest BCUT2D eigenvalue weighted by molar-refractivity contribution is 0.396. The first-order valence-electron chi connectivity index (χ1n) is 5.97. The lowest BCUT2D eigenvalue weighted by atomic mass is 10.2. The van der Waals surface area contributed by atoms with E-state index in [1.807, 2.05) is 13.8 Å². The van der Waals surface area contributed by atoms with E-state index in [0.29, 0.717) is 23.4 Å². The van der Waals surface area contributed by atoms with Crippen molar-refractivity contribution in [2.45, 2.75) is 46.1 Å². The van der Waals surface area contributed by atoms with E-state index in [9.17, 15) is 0 Å². The molecule has 0 aliphatic heterocycles. The van der Waals surface area contributed by atoms with Crippen LogP contribution in [0.2, 0.25) is 0 Å². The van der Waals surface area contributed by atoms with E-state index in [-0.39, 0.29) is 5.92 Å². The van der Waals surface area contributed by atoms with E-state index in [4.69, 9.17) is 10.5 Å². The Morgan fingerprint density at radius 1 is 1.29 bits per heavy atom. The summed E-state index contributed by atoms with van der Waals surface area (Å²) in [5.74, 6) is 2.08. The van der Waals surface area contributed by atoms with Gasteiger partial charge in [0, 0.05) is 12.0 Å². The zero-order valence-corrected chi connectivity index (χ0v) is 11.2. The van der Waals surface area contributed by atoms with Gasteiger partial charge in [0.05, 0.1) is 7.11 Å². The van der Waals surface area contributed by atoms with Crippen LogP contribution in [0, 0.1) is 0 Å². The molecule has 96 valence electrons. The van der Waals surface area contributed by atoms with Crippen molar-refractivity contribution in [1.82, 2.24) is 9.97 Å². The number of anilines is 2. The maximum Gasteiger partial charge on any atom is 0.242 e. The second-order valence-electron chi connectivity index (χ2n) is 4.46. The Labute approximate surface area is 103 Å². The highest BCUT2D eigenvalue weighted by Crippen LogP contribution is 2.28. The highest BCUT2D eigenvalue weighted by Gasteiger charge is 2.15. The van der Waals surface area contributed by atoms with Crippen molar-refractivity contribution in [1.29, 1.82) is 0 Å². The average Bonchev–Trinajstić information content (AvgIpc) is 2.31. The molecule has 0 amide bonds. The molecule has 1 rings (SSSR count). The third kappa shape index (κ3) is 3.22. The maximum atomic E-state index is 5.95. The van der Waals surface area contributed by atoms with Crippen LogP contribution in [-0.4, -0.2) is 23.1 Å². The van der Waals surface area contributed by atoms with Gasteiger partial charge in [0.25, 0.3) is 0 Å². The van der Waals surface area contributed by atoms with Crippen LogP contribution >= 0.6 is 0 Å². The van der Waals surface area contributed by atoms with Gasteiger partial charge in [0.15, 0.2) is 5.82 Å². The summed E-state index contributed by atoms with van der Waals surface area (Å²) in [6, 6.07) is 0.317. The summed E-state index contributed by atoms with van der Waals surface area (Å²) in [7, 11) is 1.57. The molecule has 17 heavy (non-hydrogen) atoms. The molecular formula is C12H22N4O. The summed E-state index contributed by atoms with van der Waals surface area (Å²) < 4.78 is 5.18. The molecule has 0 bridgehead atoms. The molecule has 0 aliphatic rings. The number of aromatic nitrogens is 2. The Morgan fingerprint density at radius 3 is 2.41 bits per heavy atom. The van der Waals surface area contributed by atoms with Crippen molar-refractivity contribution in [3.05, 3.63) is 5.82 Å². The predicted octanol–water partition coefficient (Wildman–Crippen LogP) is 2.40. The minimum absolute atomic E-state index is 0.238. The number of nitrogen functional groups attached to an aromatic ring is 1. The Bertz CT molecular complexity index is 379. The van der Waals surface area contributed by atoms with Gasteiger partial charge in [-0.2, -0.15) is 4.98 Å². The summed E-state index contributed by atoms with van der Waals surface area (Å²) in [4.78, 5) is 8.73. The molecule has 1 heterocycles. The fourth-order valence-electron chi connectivity index (χ4n) is 1.32. The number of nitrogens with two attached hydrogens (primary N) is 1. The van der Waals surface area contributed by atoms with E-state index >= 15 is 0 Å². The monoisotopic (exact) mass is 238 g/mol. The number of nitrogens with zero attached hydrogens (tertiary/aromatic N) is 2. The first-order chi connectivity index (χ1) is 7.99. The first kappa shape index (κ1) is 13.5. The van der Waals surface area contributed by atoms with Gasteiger partial charge in [-0.15, -0.1) is 0 Å². The van der Waals surface area contributed by atoms with E-state index in [1.54, 1.807) is 7.11 Å². The molecule has 0 aromatic carbocycles. The highest BCUT2D eigenvalue weighted by molar-refractivity contribution is 5.67. The molecule has 1 unspecified atom stereocenters. The largest absolute Gasteiger partial charge is 0.479 e. The molecule has 1 aromatic heterocycles. The van der Waals surface area contributed by atoms with Crippen molar-refractivity contribution in [2.75, 3.05) is 18.2 Å². The second-order valence-corrected chi connectivity index (χ2v) is 4.46. The van der Waals surface area contributed by atoms with E-state index in [0.717, 1.165) is 12.2 Å². The minimum Gasteiger partial charge on any atom is -0.479 e. The summed E-state index contributed by atoms with van der Waals surface area (Å²) in [6.07, 6.45) is 1.00. The number of hydrogen-bond acceptors (Lipinski definition) is 5. The fourth-order valence-corrected chi connectivity index (χ4v) is 1.32. The molecule has 0 saturated carbocycles. The van der Waals surface area contributed by atoms with E-state index in [2.05, 4.69) is 29.1 Å². The van der Waals surface area contributed by atoms with Gasteiger partial charge < -0.3 is 15.8 Å². The van der Waals surface area contributed by atoms with Crippen molar-refractivity contribution in [3.63, 3.8) is 0 Å². The van der Waals surface area contributed by atoms with Gasteiger partial charge in [-0.1, -0.05) is 20.8 Å². The van der Waals surface area contributed by atoms with Crippen LogP contribution in [0.15, 0.2) is 0 Å². The van der Waals surface area contributed by atoms with Crippen molar-refractivity contribution < 1.29 is 4.74 Å². The standard InChI is InChI=1S/C12H22N4O/c1-6-8(4)14-11-9(13)12(17-5)16-10(15-11)7(2)3/h7-8H,6,13H2,1-5H3,(H,14,15,16). The van der Waals surface area contributed by atoms with Crippen LogP contribution in [0.5, 0.6) is 5.88 Å². The van der Waals surface area contributed by atoms with Crippen LogP contribution < -0.4 is 15.8 Å². The minimum atomic E-state index is 0.238. The summed E-state index contributed by atoms with van der Waals surface area (Å²) >= 11 is 0. The zero-order chi connectivity index (χ0) is 13.0. The second kappa shape index (κ2) is 5.70. The lowest BCUT2D eigenvalue weighted by Gasteiger charge is -2.17. The van der Waals surface area contributed by atoms with Crippen LogP contribution in [0.1, 0.15) is 45.9 Å². The Balaban J connectivity index is 3.13. The van der Waals surface area contributed by atoms with Gasteiger partial charge in [0.1, 0.15) is 11.5 Å². The van der Waals surface area contributed by atoms with Crippen LogP contribution in [0.25, 0.3) is 0 Å². The lowest BCUT2D eigenvalue weighted by Crippen LogP contribution is -2.18. The predicted molar refractivity (Wildman–Crippen MR) is 70.5 cm³/mol. The molecule has 0 spiro atoms. The summed E-state index contributed by atoms with van der Waals surface area (Å²) in [5.41, 5.74) is 6.42. The molecule has 0 radical (unpaired) electrons. The molecule has 0 saturated heterocycles. The first-order valence-corrected chi connectivity index (χ1v) is 5.97. The molecule has 5 heteroatoms. The van der Waals surface area contributed by atoms with Gasteiger partial charge in [-0.3, -0.25) is 0 Å². The van der Waals surface area contributed by atoms with E-state index in [1.165, 1.54) is 0 Å². The fraction of sp³-hybridized carbons (Fsp3) is 0.667. The quantitative estimate of drug-likeness (QED) is 0.824. The van der Waals surface area contributed by atoms with Gasteiger partial charge in [-0.25, -0.2) is 4.98 Å². The van der Waals surface area contributed by atoms with Crippen molar-refractivity contribution in [3.8, 4) is 5.88 Å². The highest BCUT2D eigenvalue weighted by atomic mass is 16.5. The number of methoxy groups -OCH3 is 1. The molecule has 1 aromatic rings. The van der Waals surface area contributed by atoms with Crippen molar-refractivity contribution in [2.24, 2.45) is 0 Å². The summed E-state index contributed by atoms with van der Waals surface area (Å²) in [6.45, 7) is 8.27. The third-order valence-electron chi connectivity index (χ3n) is 2.63. The normalized spacial score (nSPS) is 12.6. The molecule has 5 nitrogen and oxygen atoms in total. The molecule has 0 aliphatic carbocycles. The van der Waals surface area contributed by atoms with Crippen molar-refractivity contribution >= 4 is 11.5 Å². The number of rotatable bonds is 5. The van der Waals surface area contributed by atoms with Gasteiger partial charge in [-0.05, 0) is 13.3 Å². The Kier molecular flexibility index (Phi) is 4.54. The Hall–Kier alpha value is -1.52. The molecular weight excluding hydrogens is 216 g/mol.